The number of carbonyl (C=O) groups excluding carboxylic acids is 2. The maximum Gasteiger partial charge on any atom is 0.331 e. The highest BCUT2D eigenvalue weighted by Crippen LogP contribution is 2.32. The average molecular weight is 333 g/mol. The van der Waals surface area contributed by atoms with Crippen LogP contribution in [-0.4, -0.2) is 44.5 Å². The number of benzene rings is 1. The molecule has 0 bridgehead atoms. The Balaban J connectivity index is 1.39. The van der Waals surface area contributed by atoms with Crippen LogP contribution in [0.5, 0.6) is 11.5 Å². The highest BCUT2D eigenvalue weighted by Gasteiger charge is 2.16. The minimum absolute atomic E-state index is 0.0653. The van der Waals surface area contributed by atoms with E-state index in [4.69, 9.17) is 18.9 Å². The molecule has 3 rings (SSSR count). The highest BCUT2D eigenvalue weighted by atomic mass is 16.7. The molecule has 0 aromatic heterocycles. The Morgan fingerprint density at radius 1 is 1.29 bits per heavy atom. The van der Waals surface area contributed by atoms with E-state index < -0.39 is 5.97 Å². The third-order valence-electron chi connectivity index (χ3n) is 3.70. The lowest BCUT2D eigenvalue weighted by Crippen LogP contribution is -2.34. The molecule has 1 saturated heterocycles. The summed E-state index contributed by atoms with van der Waals surface area (Å²) in [5.41, 5.74) is 0.777. The number of carbonyl (C=O) groups is 2. The zero-order chi connectivity index (χ0) is 16.8. The summed E-state index contributed by atoms with van der Waals surface area (Å²) in [6.07, 6.45) is 4.88. The van der Waals surface area contributed by atoms with Gasteiger partial charge in [-0.15, -0.1) is 0 Å². The molecule has 0 aliphatic carbocycles. The van der Waals surface area contributed by atoms with Crippen molar-refractivity contribution in [3.63, 3.8) is 0 Å². The standard InChI is InChI=1S/C17H19NO6/c19-16(18-9-13-2-1-7-21-13)10-22-17(20)6-4-12-3-5-14-15(8-12)24-11-23-14/h3-6,8,13H,1-2,7,9-11H2,(H,18,19)/b6-4+/t13-/m0/s1. The predicted octanol–water partition coefficient (Wildman–Crippen LogP) is 1.27. The molecule has 7 nitrogen and oxygen atoms in total. The summed E-state index contributed by atoms with van der Waals surface area (Å²) in [6.45, 7) is 1.08. The Kier molecular flexibility index (Phi) is 5.32. The lowest BCUT2D eigenvalue weighted by Gasteiger charge is -2.10. The summed E-state index contributed by atoms with van der Waals surface area (Å²) in [6, 6.07) is 5.33. The third kappa shape index (κ3) is 4.48. The normalized spacial score (nSPS) is 18.8. The molecule has 2 aliphatic heterocycles. The smallest absolute Gasteiger partial charge is 0.331 e. The number of esters is 1. The molecule has 1 fully saturated rings. The Labute approximate surface area is 139 Å². The topological polar surface area (TPSA) is 83.1 Å². The van der Waals surface area contributed by atoms with Crippen LogP contribution < -0.4 is 14.8 Å². The number of amides is 1. The van der Waals surface area contributed by atoms with Crippen LogP contribution in [0.1, 0.15) is 18.4 Å². The number of rotatable bonds is 6. The summed E-state index contributed by atoms with van der Waals surface area (Å²) in [5, 5.41) is 2.69. The second kappa shape index (κ2) is 7.83. The molecular formula is C17H19NO6. The fraction of sp³-hybridized carbons (Fsp3) is 0.412. The van der Waals surface area contributed by atoms with Gasteiger partial charge in [0.05, 0.1) is 6.10 Å². The van der Waals surface area contributed by atoms with Gasteiger partial charge in [-0.1, -0.05) is 6.07 Å². The molecule has 7 heteroatoms. The first-order chi connectivity index (χ1) is 11.7. The summed E-state index contributed by atoms with van der Waals surface area (Å²) in [7, 11) is 0. The minimum Gasteiger partial charge on any atom is -0.454 e. The van der Waals surface area contributed by atoms with E-state index in [0.29, 0.717) is 18.0 Å². The zero-order valence-corrected chi connectivity index (χ0v) is 13.2. The first kappa shape index (κ1) is 16.3. The molecule has 0 radical (unpaired) electrons. The van der Waals surface area contributed by atoms with Crippen molar-refractivity contribution in [3.8, 4) is 11.5 Å². The fourth-order valence-corrected chi connectivity index (χ4v) is 2.45. The van der Waals surface area contributed by atoms with Gasteiger partial charge in [0.1, 0.15) is 0 Å². The Bertz CT molecular complexity index is 636. The molecule has 2 aliphatic rings. The number of nitrogens with one attached hydrogen (secondary N) is 1. The van der Waals surface area contributed by atoms with E-state index in [1.807, 2.05) is 0 Å². The van der Waals surface area contributed by atoms with Gasteiger partial charge in [-0.2, -0.15) is 0 Å². The Hall–Kier alpha value is -2.54. The largest absolute Gasteiger partial charge is 0.454 e. The number of fused-ring (bicyclic) bond motifs is 1. The van der Waals surface area contributed by atoms with Crippen LogP contribution in [0.2, 0.25) is 0 Å². The van der Waals surface area contributed by atoms with Crippen molar-refractivity contribution in [2.75, 3.05) is 26.6 Å². The van der Waals surface area contributed by atoms with Crippen LogP contribution in [0.3, 0.4) is 0 Å². The predicted molar refractivity (Wildman–Crippen MR) is 84.5 cm³/mol. The van der Waals surface area contributed by atoms with Gasteiger partial charge in [0.15, 0.2) is 18.1 Å². The van der Waals surface area contributed by atoms with E-state index in [-0.39, 0.29) is 25.4 Å². The van der Waals surface area contributed by atoms with Crippen LogP contribution in [0.4, 0.5) is 0 Å². The summed E-state index contributed by atoms with van der Waals surface area (Å²) in [4.78, 5) is 23.3. The van der Waals surface area contributed by atoms with Gasteiger partial charge in [-0.25, -0.2) is 4.79 Å². The fourth-order valence-electron chi connectivity index (χ4n) is 2.45. The molecule has 128 valence electrons. The maximum absolute atomic E-state index is 11.6. The van der Waals surface area contributed by atoms with Crippen LogP contribution >= 0.6 is 0 Å². The van der Waals surface area contributed by atoms with Gasteiger partial charge >= 0.3 is 5.97 Å². The number of hydrogen-bond acceptors (Lipinski definition) is 6. The van der Waals surface area contributed by atoms with Gasteiger partial charge in [-0.05, 0) is 36.6 Å². The average Bonchev–Trinajstić information content (AvgIpc) is 3.26. The molecular weight excluding hydrogens is 314 g/mol. The third-order valence-corrected chi connectivity index (χ3v) is 3.70. The minimum atomic E-state index is -0.583. The van der Waals surface area contributed by atoms with Crippen molar-refractivity contribution in [3.05, 3.63) is 29.8 Å². The first-order valence-electron chi connectivity index (χ1n) is 7.83. The first-order valence-corrected chi connectivity index (χ1v) is 7.83. The summed E-state index contributed by atoms with van der Waals surface area (Å²) >= 11 is 0. The monoisotopic (exact) mass is 333 g/mol. The number of ether oxygens (including phenoxy) is 4. The van der Waals surface area contributed by atoms with Crippen LogP contribution in [0, 0.1) is 0 Å². The molecule has 1 atom stereocenters. The van der Waals surface area contributed by atoms with E-state index in [9.17, 15) is 9.59 Å². The van der Waals surface area contributed by atoms with Gasteiger partial charge < -0.3 is 24.3 Å². The summed E-state index contributed by atoms with van der Waals surface area (Å²) < 4.78 is 20.8. The molecule has 1 aromatic rings. The highest BCUT2D eigenvalue weighted by molar-refractivity contribution is 5.89. The SMILES string of the molecule is O=C(COC(=O)/C=C/c1ccc2c(c1)OCO2)NC[C@@H]1CCCO1. The molecule has 1 amide bonds. The second-order valence-electron chi connectivity index (χ2n) is 5.49. The van der Waals surface area contributed by atoms with Crippen molar-refractivity contribution in [1.82, 2.24) is 5.32 Å². The molecule has 24 heavy (non-hydrogen) atoms. The molecule has 0 spiro atoms. The van der Waals surface area contributed by atoms with Gasteiger partial charge in [0, 0.05) is 19.2 Å². The van der Waals surface area contributed by atoms with E-state index >= 15 is 0 Å². The lowest BCUT2D eigenvalue weighted by atomic mass is 10.2. The van der Waals surface area contributed by atoms with Crippen molar-refractivity contribution in [2.24, 2.45) is 0 Å². The van der Waals surface area contributed by atoms with E-state index in [1.165, 1.54) is 6.08 Å². The Morgan fingerprint density at radius 3 is 3.00 bits per heavy atom. The van der Waals surface area contributed by atoms with Crippen LogP contribution in [-0.2, 0) is 19.1 Å². The zero-order valence-electron chi connectivity index (χ0n) is 13.2. The molecule has 1 aromatic carbocycles. The maximum atomic E-state index is 11.6. The molecule has 1 N–H and O–H groups in total. The van der Waals surface area contributed by atoms with Crippen molar-refractivity contribution >= 4 is 18.0 Å². The van der Waals surface area contributed by atoms with Crippen molar-refractivity contribution in [1.29, 1.82) is 0 Å². The van der Waals surface area contributed by atoms with E-state index in [0.717, 1.165) is 25.0 Å². The second-order valence-corrected chi connectivity index (χ2v) is 5.49. The van der Waals surface area contributed by atoms with Crippen LogP contribution in [0.25, 0.3) is 6.08 Å². The van der Waals surface area contributed by atoms with E-state index in [2.05, 4.69) is 5.32 Å². The van der Waals surface area contributed by atoms with Crippen molar-refractivity contribution in [2.45, 2.75) is 18.9 Å². The van der Waals surface area contributed by atoms with Gasteiger partial charge in [0.25, 0.3) is 5.91 Å². The molecule has 0 saturated carbocycles. The number of hydrogen-bond donors (Lipinski definition) is 1. The lowest BCUT2D eigenvalue weighted by molar-refractivity contribution is -0.143. The van der Waals surface area contributed by atoms with Gasteiger partial charge in [-0.3, -0.25) is 4.79 Å². The van der Waals surface area contributed by atoms with Gasteiger partial charge in [0.2, 0.25) is 6.79 Å². The van der Waals surface area contributed by atoms with Crippen LogP contribution in [0.15, 0.2) is 24.3 Å². The summed E-state index contributed by atoms with van der Waals surface area (Å²) in [5.74, 6) is 0.395. The van der Waals surface area contributed by atoms with Crippen molar-refractivity contribution < 1.29 is 28.5 Å². The quantitative estimate of drug-likeness (QED) is 0.623. The molecule has 2 heterocycles. The Morgan fingerprint density at radius 2 is 2.17 bits per heavy atom. The van der Waals surface area contributed by atoms with E-state index in [1.54, 1.807) is 24.3 Å². The molecule has 0 unspecified atom stereocenters.